The van der Waals surface area contributed by atoms with Gasteiger partial charge in [-0.05, 0) is 24.3 Å². The van der Waals surface area contributed by atoms with Crippen molar-refractivity contribution in [3.63, 3.8) is 0 Å². The number of benzene rings is 1. The fraction of sp³-hybridized carbons (Fsp3) is 0. The zero-order valence-corrected chi connectivity index (χ0v) is 7.61. The Morgan fingerprint density at radius 3 is 2.60 bits per heavy atom. The molecule has 2 nitrogen and oxygen atoms in total. The monoisotopic (exact) mass is 207 g/mol. The summed E-state index contributed by atoms with van der Waals surface area (Å²) in [5.41, 5.74) is 0.422. The summed E-state index contributed by atoms with van der Waals surface area (Å²) in [6.07, 6.45) is 2.58. The molecule has 76 valence electrons. The summed E-state index contributed by atoms with van der Waals surface area (Å²) in [6, 6.07) is 4.46. The lowest BCUT2D eigenvalue weighted by Crippen LogP contribution is -1.87. The molecule has 15 heavy (non-hydrogen) atoms. The highest BCUT2D eigenvalue weighted by molar-refractivity contribution is 5.64. The third-order valence-corrected chi connectivity index (χ3v) is 1.96. The van der Waals surface area contributed by atoms with Crippen LogP contribution in [-0.2, 0) is 0 Å². The zero-order chi connectivity index (χ0) is 10.8. The topological polar surface area (TPSA) is 33.1 Å². The van der Waals surface area contributed by atoms with Crippen LogP contribution in [0.5, 0.6) is 5.75 Å². The molecule has 0 atom stereocenters. The van der Waals surface area contributed by atoms with Gasteiger partial charge in [-0.2, -0.15) is 0 Å². The summed E-state index contributed by atoms with van der Waals surface area (Å²) in [6.45, 7) is 0. The molecule has 1 aromatic heterocycles. The maximum absolute atomic E-state index is 13.3. The molecule has 1 aromatic carbocycles. The number of hydrogen-bond donors (Lipinski definition) is 1. The van der Waals surface area contributed by atoms with Crippen molar-refractivity contribution in [1.82, 2.24) is 4.98 Å². The molecule has 0 amide bonds. The van der Waals surface area contributed by atoms with Gasteiger partial charge < -0.3 is 5.11 Å². The van der Waals surface area contributed by atoms with Gasteiger partial charge in [0.05, 0.1) is 6.20 Å². The van der Waals surface area contributed by atoms with E-state index in [2.05, 4.69) is 4.98 Å². The van der Waals surface area contributed by atoms with Crippen molar-refractivity contribution in [2.45, 2.75) is 0 Å². The molecule has 0 radical (unpaired) electrons. The molecule has 0 aliphatic rings. The third-order valence-electron chi connectivity index (χ3n) is 1.96. The minimum Gasteiger partial charge on any atom is -0.506 e. The van der Waals surface area contributed by atoms with Crippen molar-refractivity contribution < 1.29 is 13.9 Å². The van der Waals surface area contributed by atoms with Gasteiger partial charge in [-0.3, -0.25) is 4.98 Å². The molecule has 4 heteroatoms. The Balaban J connectivity index is 2.58. The quantitative estimate of drug-likeness (QED) is 0.779. The molecule has 0 aliphatic heterocycles. The molecule has 0 saturated heterocycles. The van der Waals surface area contributed by atoms with Gasteiger partial charge in [-0.15, -0.1) is 0 Å². The number of nitrogens with zero attached hydrogens (tertiary/aromatic N) is 1. The highest BCUT2D eigenvalue weighted by Gasteiger charge is 2.07. The average molecular weight is 207 g/mol. The fourth-order valence-corrected chi connectivity index (χ4v) is 1.29. The first-order chi connectivity index (χ1) is 7.16. The lowest BCUT2D eigenvalue weighted by molar-refractivity contribution is 0.473. The van der Waals surface area contributed by atoms with Gasteiger partial charge in [0, 0.05) is 17.3 Å². The van der Waals surface area contributed by atoms with Gasteiger partial charge in [0.2, 0.25) is 0 Å². The first-order valence-electron chi connectivity index (χ1n) is 4.26. The number of aromatic nitrogens is 1. The minimum atomic E-state index is -0.552. The number of halogens is 2. The maximum atomic E-state index is 13.3. The molecule has 1 N–H and O–H groups in total. The van der Waals surface area contributed by atoms with Crippen molar-refractivity contribution in [3.8, 4) is 16.9 Å². The zero-order valence-electron chi connectivity index (χ0n) is 7.61. The minimum absolute atomic E-state index is 0.0819. The van der Waals surface area contributed by atoms with E-state index in [0.717, 1.165) is 18.2 Å². The Morgan fingerprint density at radius 2 is 1.87 bits per heavy atom. The number of pyridine rings is 1. The lowest BCUT2D eigenvalue weighted by Gasteiger charge is -2.03. The summed E-state index contributed by atoms with van der Waals surface area (Å²) >= 11 is 0. The highest BCUT2D eigenvalue weighted by atomic mass is 19.1. The molecule has 1 heterocycles. The van der Waals surface area contributed by atoms with Gasteiger partial charge in [-0.1, -0.05) is 0 Å². The first-order valence-corrected chi connectivity index (χ1v) is 4.26. The molecular weight excluding hydrogens is 200 g/mol. The lowest BCUT2D eigenvalue weighted by atomic mass is 10.1. The normalized spacial score (nSPS) is 10.3. The number of hydrogen-bond acceptors (Lipinski definition) is 2. The summed E-state index contributed by atoms with van der Waals surface area (Å²) in [5, 5.41) is 9.16. The smallest absolute Gasteiger partial charge is 0.134 e. The second kappa shape index (κ2) is 3.65. The second-order valence-electron chi connectivity index (χ2n) is 3.06. The standard InChI is InChI=1S/C11H7F2NO/c12-8-1-2-11(13)10(4-8)7-3-9(15)6-14-5-7/h1-6,15H. The molecule has 0 spiro atoms. The Morgan fingerprint density at radius 1 is 1.07 bits per heavy atom. The van der Waals surface area contributed by atoms with Crippen molar-refractivity contribution in [1.29, 1.82) is 0 Å². The Labute approximate surface area is 84.8 Å². The van der Waals surface area contributed by atoms with E-state index in [4.69, 9.17) is 5.11 Å². The van der Waals surface area contributed by atoms with E-state index in [9.17, 15) is 8.78 Å². The van der Waals surface area contributed by atoms with E-state index in [1.165, 1.54) is 18.5 Å². The van der Waals surface area contributed by atoms with Crippen molar-refractivity contribution in [3.05, 3.63) is 48.3 Å². The van der Waals surface area contributed by atoms with Crippen molar-refractivity contribution in [2.75, 3.05) is 0 Å². The van der Waals surface area contributed by atoms with Crippen LogP contribution in [0.1, 0.15) is 0 Å². The van der Waals surface area contributed by atoms with Gasteiger partial charge in [0.15, 0.2) is 0 Å². The maximum Gasteiger partial charge on any atom is 0.134 e. The van der Waals surface area contributed by atoms with E-state index in [1.807, 2.05) is 0 Å². The number of aromatic hydroxyl groups is 1. The summed E-state index contributed by atoms with van der Waals surface area (Å²) in [7, 11) is 0. The first kappa shape index (κ1) is 9.58. The van der Waals surface area contributed by atoms with Crippen LogP contribution < -0.4 is 0 Å². The van der Waals surface area contributed by atoms with Crippen molar-refractivity contribution in [2.24, 2.45) is 0 Å². The van der Waals surface area contributed by atoms with E-state index >= 15 is 0 Å². The van der Waals surface area contributed by atoms with Crippen LogP contribution in [0, 0.1) is 11.6 Å². The molecule has 2 aromatic rings. The van der Waals surface area contributed by atoms with Gasteiger partial charge in [0.1, 0.15) is 17.4 Å². The van der Waals surface area contributed by atoms with Crippen molar-refractivity contribution >= 4 is 0 Å². The van der Waals surface area contributed by atoms with Crippen LogP contribution in [0.3, 0.4) is 0 Å². The van der Waals surface area contributed by atoms with E-state index < -0.39 is 11.6 Å². The summed E-state index contributed by atoms with van der Waals surface area (Å²) in [4.78, 5) is 3.69. The molecule has 0 aliphatic carbocycles. The van der Waals surface area contributed by atoms with E-state index in [-0.39, 0.29) is 11.3 Å². The SMILES string of the molecule is Oc1cncc(-c2cc(F)ccc2F)c1. The Kier molecular flexibility index (Phi) is 2.33. The second-order valence-corrected chi connectivity index (χ2v) is 3.06. The van der Waals surface area contributed by atoms with Gasteiger partial charge >= 0.3 is 0 Å². The number of rotatable bonds is 1. The van der Waals surface area contributed by atoms with Crippen LogP contribution in [0.15, 0.2) is 36.7 Å². The average Bonchev–Trinajstić information content (AvgIpc) is 2.22. The molecule has 2 rings (SSSR count). The molecular formula is C11H7F2NO. The predicted molar refractivity (Wildman–Crippen MR) is 51.3 cm³/mol. The van der Waals surface area contributed by atoms with Gasteiger partial charge in [0.25, 0.3) is 0 Å². The highest BCUT2D eigenvalue weighted by Crippen LogP contribution is 2.25. The van der Waals surface area contributed by atoms with E-state index in [0.29, 0.717) is 5.56 Å². The molecule has 0 saturated carbocycles. The Bertz CT molecular complexity index is 500. The van der Waals surface area contributed by atoms with Crippen LogP contribution in [0.4, 0.5) is 8.78 Å². The molecule has 0 fully saturated rings. The molecule has 0 unspecified atom stereocenters. The Hall–Kier alpha value is -1.97. The van der Waals surface area contributed by atoms with E-state index in [1.54, 1.807) is 0 Å². The summed E-state index contributed by atoms with van der Waals surface area (Å²) < 4.78 is 26.2. The third kappa shape index (κ3) is 1.93. The summed E-state index contributed by atoms with van der Waals surface area (Å²) in [5.74, 6) is -1.17. The van der Waals surface area contributed by atoms with Gasteiger partial charge in [-0.25, -0.2) is 8.78 Å². The molecule has 0 bridgehead atoms. The van der Waals surface area contributed by atoms with Crippen LogP contribution in [-0.4, -0.2) is 10.1 Å². The van der Waals surface area contributed by atoms with Crippen LogP contribution >= 0.6 is 0 Å². The largest absolute Gasteiger partial charge is 0.506 e. The predicted octanol–water partition coefficient (Wildman–Crippen LogP) is 2.73. The fourth-order valence-electron chi connectivity index (χ4n) is 1.29. The van der Waals surface area contributed by atoms with Crippen LogP contribution in [0.2, 0.25) is 0 Å². The van der Waals surface area contributed by atoms with Crippen LogP contribution in [0.25, 0.3) is 11.1 Å².